The largest absolute Gasteiger partial charge is 0.493 e. The number of ether oxygens (including phenoxy) is 3. The molecule has 2 N–H and O–H groups in total. The quantitative estimate of drug-likeness (QED) is 0.730. The molecule has 2 aromatic rings. The van der Waals surface area contributed by atoms with E-state index in [0.717, 1.165) is 5.56 Å². The topological polar surface area (TPSA) is 87.9 Å². The first-order chi connectivity index (χ1) is 11.5. The Bertz CT molecular complexity index is 733. The molecule has 0 aliphatic carbocycles. The Balaban J connectivity index is 2.17. The van der Waals surface area contributed by atoms with Gasteiger partial charge in [0.1, 0.15) is 6.61 Å². The number of benzene rings is 2. The fourth-order valence-corrected chi connectivity index (χ4v) is 2.48. The second kappa shape index (κ2) is 8.35. The Morgan fingerprint density at radius 3 is 2.50 bits per heavy atom. The van der Waals surface area contributed by atoms with Crippen LogP contribution in [0.1, 0.15) is 15.9 Å². The average molecular weight is 394 g/mol. The first-order valence-electron chi connectivity index (χ1n) is 7.01. The van der Waals surface area contributed by atoms with Gasteiger partial charge in [-0.15, -0.1) is 0 Å². The maximum Gasteiger partial charge on any atom is 0.338 e. The van der Waals surface area contributed by atoms with Crippen molar-refractivity contribution in [1.29, 1.82) is 0 Å². The minimum atomic E-state index is -0.725. The Labute approximate surface area is 147 Å². The van der Waals surface area contributed by atoms with E-state index in [4.69, 9.17) is 19.9 Å². The van der Waals surface area contributed by atoms with Gasteiger partial charge in [-0.2, -0.15) is 0 Å². The first kappa shape index (κ1) is 17.8. The molecule has 0 unspecified atom stereocenters. The SMILES string of the molecule is COc1cc(C(=O)OCC(N)=O)cc(Br)c1OCc1ccccc1. The molecule has 1 amide bonds. The summed E-state index contributed by atoms with van der Waals surface area (Å²) in [5.41, 5.74) is 6.17. The van der Waals surface area contributed by atoms with E-state index in [0.29, 0.717) is 22.6 Å². The molecular weight excluding hydrogens is 378 g/mol. The molecule has 0 aromatic heterocycles. The van der Waals surface area contributed by atoms with E-state index in [9.17, 15) is 9.59 Å². The monoisotopic (exact) mass is 393 g/mol. The van der Waals surface area contributed by atoms with Crippen molar-refractivity contribution >= 4 is 27.8 Å². The molecule has 0 radical (unpaired) electrons. The van der Waals surface area contributed by atoms with Crippen molar-refractivity contribution in [3.8, 4) is 11.5 Å². The summed E-state index contributed by atoms with van der Waals surface area (Å²) in [5.74, 6) is -0.571. The third-order valence-electron chi connectivity index (χ3n) is 3.04. The fraction of sp³-hybridized carbons (Fsp3) is 0.176. The maximum absolute atomic E-state index is 11.9. The molecule has 2 aromatic carbocycles. The zero-order valence-corrected chi connectivity index (χ0v) is 14.5. The van der Waals surface area contributed by atoms with E-state index < -0.39 is 18.5 Å². The van der Waals surface area contributed by atoms with Crippen molar-refractivity contribution < 1.29 is 23.8 Å². The number of esters is 1. The van der Waals surface area contributed by atoms with Crippen molar-refractivity contribution in [3.63, 3.8) is 0 Å². The predicted octanol–water partition coefficient (Wildman–Crippen LogP) is 2.68. The molecule has 0 saturated carbocycles. The van der Waals surface area contributed by atoms with Crippen LogP contribution in [0.4, 0.5) is 0 Å². The molecule has 0 fully saturated rings. The lowest BCUT2D eigenvalue weighted by atomic mass is 10.2. The van der Waals surface area contributed by atoms with Gasteiger partial charge in [-0.3, -0.25) is 4.79 Å². The van der Waals surface area contributed by atoms with Crippen LogP contribution in [0.15, 0.2) is 46.9 Å². The van der Waals surface area contributed by atoms with Gasteiger partial charge in [0.15, 0.2) is 18.1 Å². The van der Waals surface area contributed by atoms with Crippen molar-refractivity contribution in [2.45, 2.75) is 6.61 Å². The molecule has 24 heavy (non-hydrogen) atoms. The van der Waals surface area contributed by atoms with Crippen LogP contribution in [-0.2, 0) is 16.1 Å². The minimum absolute atomic E-state index is 0.215. The van der Waals surface area contributed by atoms with Gasteiger partial charge in [-0.25, -0.2) is 4.79 Å². The molecule has 2 rings (SSSR count). The summed E-state index contributed by atoms with van der Waals surface area (Å²) in [5, 5.41) is 0. The third kappa shape index (κ3) is 4.73. The van der Waals surface area contributed by atoms with Crippen LogP contribution in [0.25, 0.3) is 0 Å². The van der Waals surface area contributed by atoms with E-state index in [1.165, 1.54) is 19.2 Å². The number of halogens is 1. The standard InChI is InChI=1S/C17H16BrNO5/c1-22-14-8-12(17(21)24-10-15(19)20)7-13(18)16(14)23-9-11-5-3-2-4-6-11/h2-8H,9-10H2,1H3,(H2,19,20). The summed E-state index contributed by atoms with van der Waals surface area (Å²) < 4.78 is 16.4. The van der Waals surface area contributed by atoms with Crippen molar-refractivity contribution in [3.05, 3.63) is 58.1 Å². The van der Waals surface area contributed by atoms with Gasteiger partial charge in [0.05, 0.1) is 17.1 Å². The Kier molecular flexibility index (Phi) is 6.20. The van der Waals surface area contributed by atoms with Crippen LogP contribution in [-0.4, -0.2) is 25.6 Å². The van der Waals surface area contributed by atoms with Crippen LogP contribution < -0.4 is 15.2 Å². The number of amides is 1. The van der Waals surface area contributed by atoms with Crippen LogP contribution in [0.2, 0.25) is 0 Å². The number of hydrogen-bond donors (Lipinski definition) is 1. The molecule has 6 nitrogen and oxygen atoms in total. The molecule has 0 bridgehead atoms. The van der Waals surface area contributed by atoms with E-state index >= 15 is 0 Å². The molecule has 0 aliphatic heterocycles. The van der Waals surface area contributed by atoms with Crippen LogP contribution in [0, 0.1) is 0 Å². The lowest BCUT2D eigenvalue weighted by molar-refractivity contribution is -0.121. The molecular formula is C17H16BrNO5. The minimum Gasteiger partial charge on any atom is -0.493 e. The van der Waals surface area contributed by atoms with Gasteiger partial charge in [-0.1, -0.05) is 30.3 Å². The number of hydrogen-bond acceptors (Lipinski definition) is 5. The Morgan fingerprint density at radius 1 is 1.17 bits per heavy atom. The van der Waals surface area contributed by atoms with Crippen LogP contribution in [0.3, 0.4) is 0 Å². The lowest BCUT2D eigenvalue weighted by Gasteiger charge is -2.14. The highest BCUT2D eigenvalue weighted by Crippen LogP contribution is 2.37. The molecule has 7 heteroatoms. The fourth-order valence-electron chi connectivity index (χ4n) is 1.93. The lowest BCUT2D eigenvalue weighted by Crippen LogP contribution is -2.21. The smallest absolute Gasteiger partial charge is 0.338 e. The highest BCUT2D eigenvalue weighted by Gasteiger charge is 2.17. The van der Waals surface area contributed by atoms with E-state index in [1.807, 2.05) is 30.3 Å². The van der Waals surface area contributed by atoms with Crippen LogP contribution >= 0.6 is 15.9 Å². The Morgan fingerprint density at radius 2 is 1.88 bits per heavy atom. The van der Waals surface area contributed by atoms with Crippen molar-refractivity contribution in [1.82, 2.24) is 0 Å². The summed E-state index contributed by atoms with van der Waals surface area (Å²) >= 11 is 3.36. The first-order valence-corrected chi connectivity index (χ1v) is 7.80. The summed E-state index contributed by atoms with van der Waals surface area (Å²) in [4.78, 5) is 22.6. The average Bonchev–Trinajstić information content (AvgIpc) is 2.58. The van der Waals surface area contributed by atoms with Crippen LogP contribution in [0.5, 0.6) is 11.5 Å². The van der Waals surface area contributed by atoms with Gasteiger partial charge in [0, 0.05) is 0 Å². The summed E-state index contributed by atoms with van der Waals surface area (Å²) in [6, 6.07) is 12.7. The zero-order chi connectivity index (χ0) is 17.5. The summed E-state index contributed by atoms with van der Waals surface area (Å²) in [6.45, 7) is -0.133. The van der Waals surface area contributed by atoms with Gasteiger partial charge < -0.3 is 19.9 Å². The Hall–Kier alpha value is -2.54. The maximum atomic E-state index is 11.9. The zero-order valence-electron chi connectivity index (χ0n) is 13.0. The van der Waals surface area contributed by atoms with Gasteiger partial charge in [0.25, 0.3) is 5.91 Å². The van der Waals surface area contributed by atoms with Gasteiger partial charge in [-0.05, 0) is 33.6 Å². The number of primary amides is 1. The number of nitrogens with two attached hydrogens (primary N) is 1. The second-order valence-corrected chi connectivity index (χ2v) is 5.66. The summed E-state index contributed by atoms with van der Waals surface area (Å²) in [6.07, 6.45) is 0. The highest BCUT2D eigenvalue weighted by molar-refractivity contribution is 9.10. The molecule has 0 atom stereocenters. The van der Waals surface area contributed by atoms with E-state index in [2.05, 4.69) is 15.9 Å². The number of rotatable bonds is 7. The highest BCUT2D eigenvalue weighted by atomic mass is 79.9. The normalized spacial score (nSPS) is 10.1. The number of carbonyl (C=O) groups is 2. The molecule has 0 saturated heterocycles. The number of carbonyl (C=O) groups excluding carboxylic acids is 2. The van der Waals surface area contributed by atoms with E-state index in [1.54, 1.807) is 0 Å². The molecule has 0 aliphatic rings. The van der Waals surface area contributed by atoms with Gasteiger partial charge in [0.2, 0.25) is 0 Å². The third-order valence-corrected chi connectivity index (χ3v) is 3.63. The summed E-state index contributed by atoms with van der Waals surface area (Å²) in [7, 11) is 1.47. The second-order valence-electron chi connectivity index (χ2n) is 4.81. The molecule has 126 valence electrons. The number of methoxy groups -OCH3 is 1. The molecule has 0 spiro atoms. The van der Waals surface area contributed by atoms with Gasteiger partial charge >= 0.3 is 5.97 Å². The van der Waals surface area contributed by atoms with E-state index in [-0.39, 0.29) is 5.56 Å². The predicted molar refractivity (Wildman–Crippen MR) is 90.9 cm³/mol. The molecule has 0 heterocycles. The van der Waals surface area contributed by atoms with Crippen molar-refractivity contribution in [2.75, 3.05) is 13.7 Å². The van der Waals surface area contributed by atoms with Crippen molar-refractivity contribution in [2.24, 2.45) is 5.73 Å².